The van der Waals surface area contributed by atoms with Crippen LogP contribution in [0.4, 0.5) is 17.5 Å². The molecule has 3 heterocycles. The highest BCUT2D eigenvalue weighted by atomic mass is 16.5. The molecule has 31 heavy (non-hydrogen) atoms. The van der Waals surface area contributed by atoms with Crippen molar-refractivity contribution in [3.8, 4) is 11.8 Å². The third-order valence-electron chi connectivity index (χ3n) is 5.11. The molecule has 1 atom stereocenters. The van der Waals surface area contributed by atoms with Gasteiger partial charge in [-0.15, -0.1) is 0 Å². The van der Waals surface area contributed by atoms with Crippen LogP contribution in [0.3, 0.4) is 0 Å². The third-order valence-corrected chi connectivity index (χ3v) is 5.11. The van der Waals surface area contributed by atoms with Crippen molar-refractivity contribution >= 4 is 34.4 Å². The maximum Gasteiger partial charge on any atom is 0.254 e. The fourth-order valence-electron chi connectivity index (χ4n) is 3.59. The zero-order valence-corrected chi connectivity index (χ0v) is 17.5. The second-order valence-electron chi connectivity index (χ2n) is 7.16. The van der Waals surface area contributed by atoms with Gasteiger partial charge in [0.2, 0.25) is 5.95 Å². The van der Waals surface area contributed by atoms with Crippen LogP contribution in [0.25, 0.3) is 11.0 Å². The van der Waals surface area contributed by atoms with Gasteiger partial charge in [0.1, 0.15) is 23.3 Å². The molecule has 1 amide bonds. The quantitative estimate of drug-likeness (QED) is 0.573. The van der Waals surface area contributed by atoms with Gasteiger partial charge in [0, 0.05) is 31.9 Å². The number of aromatic nitrogens is 3. The second-order valence-corrected chi connectivity index (χ2v) is 7.16. The Labute approximate surface area is 179 Å². The number of carbonyl (C=O) groups is 1. The molecule has 160 valence electrons. The first kappa shape index (κ1) is 20.4. The minimum atomic E-state index is -0.0643. The zero-order valence-electron chi connectivity index (χ0n) is 17.5. The molecule has 1 aliphatic rings. The standard InChI is InChI=1S/C21H23N7O3/c1-12-11-28(6-7-31-12)20(29)13-4-5-15(16(8-13)30-3)25-21-26-18(23-2)17-14(9-22)10-24-19(17)27-21/h4-5,8,10,12H,6-7,11H2,1-3H3,(H3,23,24,25,26,27)/t12-/m1/s1. The predicted octanol–water partition coefficient (Wildman–Crippen LogP) is 2.48. The maximum atomic E-state index is 12.9. The van der Waals surface area contributed by atoms with Gasteiger partial charge in [0.15, 0.2) is 0 Å². The fourth-order valence-corrected chi connectivity index (χ4v) is 3.59. The molecule has 10 nitrogen and oxygen atoms in total. The number of hydrogen-bond acceptors (Lipinski definition) is 8. The minimum Gasteiger partial charge on any atom is -0.495 e. The van der Waals surface area contributed by atoms with Crippen molar-refractivity contribution < 1.29 is 14.3 Å². The van der Waals surface area contributed by atoms with E-state index in [4.69, 9.17) is 9.47 Å². The lowest BCUT2D eigenvalue weighted by Crippen LogP contribution is -2.44. The van der Waals surface area contributed by atoms with Crippen molar-refractivity contribution in [2.24, 2.45) is 0 Å². The van der Waals surface area contributed by atoms with Gasteiger partial charge in [-0.2, -0.15) is 15.2 Å². The minimum absolute atomic E-state index is 0.0171. The lowest BCUT2D eigenvalue weighted by Gasteiger charge is -2.31. The second kappa shape index (κ2) is 8.49. The molecule has 2 aromatic heterocycles. The van der Waals surface area contributed by atoms with Gasteiger partial charge in [-0.25, -0.2) is 0 Å². The molecule has 1 aliphatic heterocycles. The summed E-state index contributed by atoms with van der Waals surface area (Å²) in [5.41, 5.74) is 2.14. The monoisotopic (exact) mass is 421 g/mol. The normalized spacial score (nSPS) is 16.1. The van der Waals surface area contributed by atoms with Crippen molar-refractivity contribution in [3.05, 3.63) is 35.5 Å². The first-order valence-electron chi connectivity index (χ1n) is 9.87. The summed E-state index contributed by atoms with van der Waals surface area (Å²) in [4.78, 5) is 26.6. The van der Waals surface area contributed by atoms with Crippen molar-refractivity contribution in [1.29, 1.82) is 5.26 Å². The van der Waals surface area contributed by atoms with Gasteiger partial charge in [0.05, 0.1) is 36.5 Å². The number of H-pyrrole nitrogens is 1. The van der Waals surface area contributed by atoms with E-state index in [9.17, 15) is 10.1 Å². The number of nitrogens with zero attached hydrogens (tertiary/aromatic N) is 4. The number of fused-ring (bicyclic) bond motifs is 1. The molecular formula is C21H23N7O3. The van der Waals surface area contributed by atoms with Crippen LogP contribution >= 0.6 is 0 Å². The molecule has 0 bridgehead atoms. The summed E-state index contributed by atoms with van der Waals surface area (Å²) in [7, 11) is 3.27. The molecule has 3 aromatic rings. The first-order chi connectivity index (χ1) is 15.0. The summed E-state index contributed by atoms with van der Waals surface area (Å²) in [6.07, 6.45) is 1.61. The summed E-state index contributed by atoms with van der Waals surface area (Å²) < 4.78 is 11.0. The Morgan fingerprint density at radius 2 is 2.26 bits per heavy atom. The summed E-state index contributed by atoms with van der Waals surface area (Å²) in [5.74, 6) is 1.27. The van der Waals surface area contributed by atoms with E-state index >= 15 is 0 Å². The topological polar surface area (TPSA) is 128 Å². The summed E-state index contributed by atoms with van der Waals surface area (Å²) in [6.45, 7) is 3.60. The Morgan fingerprint density at radius 3 is 2.97 bits per heavy atom. The van der Waals surface area contributed by atoms with Crippen LogP contribution < -0.4 is 15.4 Å². The lowest BCUT2D eigenvalue weighted by atomic mass is 10.1. The number of methoxy groups -OCH3 is 1. The van der Waals surface area contributed by atoms with Crippen LogP contribution in [-0.4, -0.2) is 65.7 Å². The molecular weight excluding hydrogens is 398 g/mol. The molecule has 1 aromatic carbocycles. The van der Waals surface area contributed by atoms with Crippen LogP contribution in [0.2, 0.25) is 0 Å². The fraction of sp³-hybridized carbons (Fsp3) is 0.333. The molecule has 0 spiro atoms. The molecule has 0 radical (unpaired) electrons. The highest BCUT2D eigenvalue weighted by molar-refractivity contribution is 5.96. The van der Waals surface area contributed by atoms with Gasteiger partial charge in [0.25, 0.3) is 5.91 Å². The van der Waals surface area contributed by atoms with Crippen molar-refractivity contribution in [1.82, 2.24) is 19.9 Å². The highest BCUT2D eigenvalue weighted by Crippen LogP contribution is 2.31. The van der Waals surface area contributed by atoms with Gasteiger partial charge >= 0.3 is 0 Å². The van der Waals surface area contributed by atoms with Gasteiger partial charge < -0.3 is 30.0 Å². The van der Waals surface area contributed by atoms with Crippen molar-refractivity contribution in [3.63, 3.8) is 0 Å². The first-order valence-corrected chi connectivity index (χ1v) is 9.87. The molecule has 10 heteroatoms. The van der Waals surface area contributed by atoms with E-state index in [-0.39, 0.29) is 12.0 Å². The largest absolute Gasteiger partial charge is 0.495 e. The SMILES string of the molecule is CNc1nc(Nc2ccc(C(=O)N3CCO[C@H](C)C3)cc2OC)nc2[nH]cc(C#N)c12. The van der Waals surface area contributed by atoms with Gasteiger partial charge in [-0.05, 0) is 25.1 Å². The number of hydrogen-bond donors (Lipinski definition) is 3. The summed E-state index contributed by atoms with van der Waals surface area (Å²) in [5, 5.41) is 16.0. The summed E-state index contributed by atoms with van der Waals surface area (Å²) >= 11 is 0. The number of ether oxygens (including phenoxy) is 2. The molecule has 0 saturated carbocycles. The number of nitrogens with one attached hydrogen (secondary N) is 3. The number of morpholine rings is 1. The number of anilines is 3. The number of rotatable bonds is 5. The number of nitriles is 1. The average Bonchev–Trinajstić information content (AvgIpc) is 3.21. The molecule has 0 unspecified atom stereocenters. The molecule has 3 N–H and O–H groups in total. The molecule has 1 saturated heterocycles. The zero-order chi connectivity index (χ0) is 22.0. The van der Waals surface area contributed by atoms with E-state index in [1.165, 1.54) is 0 Å². The molecule has 0 aliphatic carbocycles. The van der Waals surface area contributed by atoms with E-state index in [2.05, 4.69) is 31.7 Å². The van der Waals surface area contributed by atoms with Crippen LogP contribution in [0.15, 0.2) is 24.4 Å². The summed E-state index contributed by atoms with van der Waals surface area (Å²) in [6, 6.07) is 7.33. The number of amides is 1. The predicted molar refractivity (Wildman–Crippen MR) is 116 cm³/mol. The van der Waals surface area contributed by atoms with Gasteiger partial charge in [-0.1, -0.05) is 0 Å². The smallest absolute Gasteiger partial charge is 0.254 e. The van der Waals surface area contributed by atoms with Crippen molar-refractivity contribution in [2.45, 2.75) is 13.0 Å². The Morgan fingerprint density at radius 1 is 1.42 bits per heavy atom. The number of aromatic amines is 1. The number of benzene rings is 1. The van der Waals surface area contributed by atoms with E-state index in [0.717, 1.165) is 0 Å². The third kappa shape index (κ3) is 3.95. The van der Waals surface area contributed by atoms with E-state index in [1.807, 2.05) is 6.92 Å². The maximum absolute atomic E-state index is 12.9. The van der Waals surface area contributed by atoms with Gasteiger partial charge in [-0.3, -0.25) is 4.79 Å². The van der Waals surface area contributed by atoms with E-state index in [0.29, 0.717) is 65.1 Å². The Kier molecular flexibility index (Phi) is 5.60. The van der Waals surface area contributed by atoms with E-state index < -0.39 is 0 Å². The molecule has 1 fully saturated rings. The van der Waals surface area contributed by atoms with Crippen LogP contribution in [0, 0.1) is 11.3 Å². The van der Waals surface area contributed by atoms with E-state index in [1.54, 1.807) is 43.5 Å². The lowest BCUT2D eigenvalue weighted by molar-refractivity contribution is -0.0124. The van der Waals surface area contributed by atoms with Crippen LogP contribution in [0.5, 0.6) is 5.75 Å². The highest BCUT2D eigenvalue weighted by Gasteiger charge is 2.23. The Balaban J connectivity index is 1.62. The average molecular weight is 421 g/mol. The number of carbonyl (C=O) groups excluding carboxylic acids is 1. The Bertz CT molecular complexity index is 1170. The van der Waals surface area contributed by atoms with Crippen LogP contribution in [-0.2, 0) is 4.74 Å². The van der Waals surface area contributed by atoms with Crippen molar-refractivity contribution in [2.75, 3.05) is 44.5 Å². The van der Waals surface area contributed by atoms with Crippen LogP contribution in [0.1, 0.15) is 22.8 Å². The molecule has 4 rings (SSSR count). The Hall–Kier alpha value is -3.84.